The van der Waals surface area contributed by atoms with E-state index in [2.05, 4.69) is 9.97 Å². The number of nitrogens with zero attached hydrogens (tertiary/aromatic N) is 4. The first-order chi connectivity index (χ1) is 15.9. The van der Waals surface area contributed by atoms with E-state index in [4.69, 9.17) is 14.2 Å². The van der Waals surface area contributed by atoms with Crippen LogP contribution in [0.15, 0.2) is 34.3 Å². The first-order valence-electron chi connectivity index (χ1n) is 10.5. The number of ether oxygens (including phenoxy) is 3. The number of hydrogen-bond acceptors (Lipinski definition) is 8. The second kappa shape index (κ2) is 10.2. The molecule has 0 radical (unpaired) electrons. The third-order valence-corrected chi connectivity index (χ3v) is 5.75. The zero-order valence-electron chi connectivity index (χ0n) is 19.6. The molecule has 186 valence electrons. The van der Waals surface area contributed by atoms with Crippen LogP contribution in [0.1, 0.15) is 26.3 Å². The molecule has 0 aliphatic carbocycles. The highest BCUT2D eigenvalue weighted by molar-refractivity contribution is 7.99. The van der Waals surface area contributed by atoms with E-state index < -0.39 is 23.4 Å². The predicted molar refractivity (Wildman–Crippen MR) is 121 cm³/mol. The third-order valence-electron chi connectivity index (χ3n) is 4.84. The Balaban J connectivity index is 1.87. The standard InChI is InChI=1S/C22H27F3N4O4S/c1-21(2,3)33-20(30)29-10-8-28(9-11-29)15-7-6-14(22(23,24)25)12-16(15)34-19-26-17(31-4)13-18(27-19)32-5/h6-7,12-13H,8-11H2,1-5H3. The lowest BCUT2D eigenvalue weighted by Gasteiger charge is -2.37. The van der Waals surface area contributed by atoms with Gasteiger partial charge in [-0.3, -0.25) is 0 Å². The minimum absolute atomic E-state index is 0.184. The molecule has 3 rings (SSSR count). The Hall–Kier alpha value is -2.89. The number of rotatable bonds is 5. The Labute approximate surface area is 200 Å². The van der Waals surface area contributed by atoms with Crippen molar-refractivity contribution in [2.24, 2.45) is 0 Å². The first-order valence-corrected chi connectivity index (χ1v) is 11.3. The monoisotopic (exact) mass is 500 g/mol. The Morgan fingerprint density at radius 1 is 0.971 bits per heavy atom. The maximum Gasteiger partial charge on any atom is 0.416 e. The maximum absolute atomic E-state index is 13.4. The van der Waals surface area contributed by atoms with Crippen LogP contribution in [0.3, 0.4) is 0 Å². The molecule has 2 heterocycles. The Bertz CT molecular complexity index is 1000. The zero-order chi connectivity index (χ0) is 25.1. The van der Waals surface area contributed by atoms with Crippen molar-refractivity contribution in [3.8, 4) is 11.8 Å². The normalized spacial score (nSPS) is 14.7. The molecular weight excluding hydrogens is 473 g/mol. The SMILES string of the molecule is COc1cc(OC)nc(Sc2cc(C(F)(F)F)ccc2N2CCN(C(=O)OC(C)(C)C)CC2)n1. The predicted octanol–water partition coefficient (Wildman–Crippen LogP) is 4.72. The van der Waals surface area contributed by atoms with Crippen LogP contribution in [0.2, 0.25) is 0 Å². The van der Waals surface area contributed by atoms with E-state index >= 15 is 0 Å². The fourth-order valence-corrected chi connectivity index (χ4v) is 4.18. The number of halogens is 3. The van der Waals surface area contributed by atoms with E-state index in [-0.39, 0.29) is 16.9 Å². The molecule has 1 aromatic heterocycles. The summed E-state index contributed by atoms with van der Waals surface area (Å²) in [6.07, 6.45) is -4.91. The third kappa shape index (κ3) is 6.58. The van der Waals surface area contributed by atoms with Crippen molar-refractivity contribution in [2.45, 2.75) is 42.6 Å². The fourth-order valence-electron chi connectivity index (χ4n) is 3.23. The van der Waals surface area contributed by atoms with Gasteiger partial charge in [-0.2, -0.15) is 23.1 Å². The van der Waals surface area contributed by atoms with Crippen LogP contribution in [-0.2, 0) is 10.9 Å². The summed E-state index contributed by atoms with van der Waals surface area (Å²) in [5.41, 5.74) is -0.795. The second-order valence-electron chi connectivity index (χ2n) is 8.47. The molecule has 0 bridgehead atoms. The molecule has 12 heteroatoms. The molecule has 1 amide bonds. The van der Waals surface area contributed by atoms with E-state index in [0.717, 1.165) is 23.9 Å². The van der Waals surface area contributed by atoms with Gasteiger partial charge in [-0.05, 0) is 50.7 Å². The lowest BCUT2D eigenvalue weighted by Crippen LogP contribution is -2.50. The van der Waals surface area contributed by atoms with Gasteiger partial charge in [0.2, 0.25) is 11.8 Å². The summed E-state index contributed by atoms with van der Waals surface area (Å²) in [4.78, 5) is 24.7. The van der Waals surface area contributed by atoms with Gasteiger partial charge in [0.1, 0.15) is 5.60 Å². The maximum atomic E-state index is 13.4. The smallest absolute Gasteiger partial charge is 0.416 e. The highest BCUT2D eigenvalue weighted by Gasteiger charge is 2.33. The molecule has 1 saturated heterocycles. The summed E-state index contributed by atoms with van der Waals surface area (Å²) in [7, 11) is 2.85. The van der Waals surface area contributed by atoms with Gasteiger partial charge in [0.25, 0.3) is 0 Å². The average molecular weight is 501 g/mol. The van der Waals surface area contributed by atoms with Crippen LogP contribution >= 0.6 is 11.8 Å². The molecule has 1 fully saturated rings. The average Bonchev–Trinajstić information content (AvgIpc) is 2.77. The number of amides is 1. The van der Waals surface area contributed by atoms with Gasteiger partial charge in [-0.15, -0.1) is 0 Å². The molecule has 0 spiro atoms. The number of benzene rings is 1. The minimum Gasteiger partial charge on any atom is -0.481 e. The van der Waals surface area contributed by atoms with Gasteiger partial charge in [-0.1, -0.05) is 0 Å². The number of aromatic nitrogens is 2. The molecule has 2 aromatic rings. The Morgan fingerprint density at radius 3 is 2.06 bits per heavy atom. The van der Waals surface area contributed by atoms with Gasteiger partial charge in [-0.25, -0.2) is 4.79 Å². The molecular formula is C22H27F3N4O4S. The molecule has 0 saturated carbocycles. The number of anilines is 1. The largest absolute Gasteiger partial charge is 0.481 e. The molecule has 1 aromatic carbocycles. The van der Waals surface area contributed by atoms with E-state index in [1.54, 1.807) is 25.7 Å². The van der Waals surface area contributed by atoms with Gasteiger partial charge >= 0.3 is 12.3 Å². The van der Waals surface area contributed by atoms with Crippen molar-refractivity contribution < 1.29 is 32.2 Å². The van der Waals surface area contributed by atoms with Gasteiger partial charge in [0.05, 0.1) is 31.5 Å². The lowest BCUT2D eigenvalue weighted by atomic mass is 10.1. The van der Waals surface area contributed by atoms with Crippen molar-refractivity contribution in [3.63, 3.8) is 0 Å². The fraction of sp³-hybridized carbons (Fsp3) is 0.500. The quantitative estimate of drug-likeness (QED) is 0.546. The number of carbonyl (C=O) groups excluding carboxylic acids is 1. The number of methoxy groups -OCH3 is 2. The minimum atomic E-state index is -4.50. The van der Waals surface area contributed by atoms with Crippen molar-refractivity contribution in [1.82, 2.24) is 14.9 Å². The molecule has 1 aliphatic rings. The van der Waals surface area contributed by atoms with E-state index in [1.807, 2.05) is 4.90 Å². The lowest BCUT2D eigenvalue weighted by molar-refractivity contribution is -0.137. The summed E-state index contributed by atoms with van der Waals surface area (Å²) < 4.78 is 56.0. The van der Waals surface area contributed by atoms with E-state index in [1.165, 1.54) is 26.4 Å². The van der Waals surface area contributed by atoms with Gasteiger partial charge in [0.15, 0.2) is 5.16 Å². The zero-order valence-corrected chi connectivity index (χ0v) is 20.4. The first kappa shape index (κ1) is 25.7. The van der Waals surface area contributed by atoms with Crippen LogP contribution in [0.5, 0.6) is 11.8 Å². The van der Waals surface area contributed by atoms with Crippen LogP contribution in [0.25, 0.3) is 0 Å². The molecule has 34 heavy (non-hydrogen) atoms. The Morgan fingerprint density at radius 2 is 1.56 bits per heavy atom. The number of hydrogen-bond donors (Lipinski definition) is 0. The van der Waals surface area contributed by atoms with Crippen molar-refractivity contribution in [3.05, 3.63) is 29.8 Å². The summed E-state index contributed by atoms with van der Waals surface area (Å²) in [5.74, 6) is 0.461. The van der Waals surface area contributed by atoms with Crippen molar-refractivity contribution in [1.29, 1.82) is 0 Å². The summed E-state index contributed by atoms with van der Waals surface area (Å²) >= 11 is 0.983. The van der Waals surface area contributed by atoms with E-state index in [0.29, 0.717) is 36.8 Å². The summed E-state index contributed by atoms with van der Waals surface area (Å²) in [6.45, 7) is 7.00. The topological polar surface area (TPSA) is 77.0 Å². The molecule has 0 N–H and O–H groups in total. The summed E-state index contributed by atoms with van der Waals surface area (Å²) in [5, 5.41) is 0.184. The highest BCUT2D eigenvalue weighted by atomic mass is 32.2. The molecule has 0 unspecified atom stereocenters. The highest BCUT2D eigenvalue weighted by Crippen LogP contribution is 2.40. The Kier molecular flexibility index (Phi) is 7.69. The molecule has 0 atom stereocenters. The number of carbonyl (C=O) groups is 1. The van der Waals surface area contributed by atoms with Crippen LogP contribution in [0.4, 0.5) is 23.7 Å². The molecule has 8 nitrogen and oxygen atoms in total. The van der Waals surface area contributed by atoms with Crippen molar-refractivity contribution in [2.75, 3.05) is 45.3 Å². The summed E-state index contributed by atoms with van der Waals surface area (Å²) in [6, 6.07) is 5.04. The van der Waals surface area contributed by atoms with Crippen molar-refractivity contribution >= 4 is 23.5 Å². The second-order valence-corrected chi connectivity index (χ2v) is 9.48. The van der Waals surface area contributed by atoms with Gasteiger partial charge < -0.3 is 24.0 Å². The van der Waals surface area contributed by atoms with Gasteiger partial charge in [0, 0.05) is 31.1 Å². The van der Waals surface area contributed by atoms with E-state index in [9.17, 15) is 18.0 Å². The number of piperazine rings is 1. The van der Waals surface area contributed by atoms with Crippen LogP contribution in [-0.4, -0.2) is 67.0 Å². The molecule has 1 aliphatic heterocycles. The van der Waals surface area contributed by atoms with Crippen LogP contribution in [0, 0.1) is 0 Å². The van der Waals surface area contributed by atoms with Crippen LogP contribution < -0.4 is 14.4 Å². The number of alkyl halides is 3.